The number of hydrogen-bond donors (Lipinski definition) is 2. The molecule has 0 aliphatic rings. The van der Waals surface area contributed by atoms with Crippen LogP contribution in [0.3, 0.4) is 0 Å². The maximum Gasteiger partial charge on any atom is 0.291 e. The van der Waals surface area contributed by atoms with Crippen molar-refractivity contribution in [3.8, 4) is 0 Å². The van der Waals surface area contributed by atoms with Crippen molar-refractivity contribution in [2.75, 3.05) is 17.3 Å². The predicted octanol–water partition coefficient (Wildman–Crippen LogP) is 5.64. The number of alkyl halides is 2. The van der Waals surface area contributed by atoms with Gasteiger partial charge in [0.25, 0.3) is 5.92 Å². The van der Waals surface area contributed by atoms with E-state index in [2.05, 4.69) is 5.32 Å². The first-order chi connectivity index (χ1) is 15.9. The number of hydrogen-bond acceptors (Lipinski definition) is 5. The molecule has 0 saturated heterocycles. The Morgan fingerprint density at radius 1 is 1.09 bits per heavy atom. The second-order valence-corrected chi connectivity index (χ2v) is 10.5. The van der Waals surface area contributed by atoms with E-state index >= 15 is 0 Å². The number of aryl methyl sites for hydroxylation is 1. The molecule has 0 saturated carbocycles. The first kappa shape index (κ1) is 27.4. The fourth-order valence-electron chi connectivity index (χ4n) is 4.01. The SMILES string of the molecule is C/C=C/C(F)(F)c1ccc(C(CC)(Nc2cccc(CCS(C)(=O)=O)c2C=N)C(=O)CC)cc1. The number of rotatable bonds is 12. The van der Waals surface area contributed by atoms with E-state index in [0.29, 0.717) is 28.8 Å². The van der Waals surface area contributed by atoms with E-state index in [-0.39, 0.29) is 29.9 Å². The minimum absolute atomic E-state index is 0.0635. The average molecular weight is 491 g/mol. The largest absolute Gasteiger partial charge is 0.369 e. The van der Waals surface area contributed by atoms with Crippen LogP contribution in [-0.4, -0.2) is 32.4 Å². The summed E-state index contributed by atoms with van der Waals surface area (Å²) in [4.78, 5) is 13.2. The fraction of sp³-hybridized carbons (Fsp3) is 0.385. The van der Waals surface area contributed by atoms with E-state index in [1.807, 2.05) is 6.92 Å². The standard InChI is InChI=1S/C26H32F2N2O3S/c1-5-16-26(27,28)21-13-11-20(12-14-21)25(7-3,24(31)6-2)30-23-10-8-9-19(22(23)18-29)15-17-34(4,32)33/h5,8-14,16,18,29-30H,6-7,15,17H2,1-4H3/b16-5+,29-18?. The van der Waals surface area contributed by atoms with Gasteiger partial charge in [0.2, 0.25) is 0 Å². The lowest BCUT2D eigenvalue weighted by Gasteiger charge is -2.35. The maximum atomic E-state index is 14.3. The molecule has 5 nitrogen and oxygen atoms in total. The van der Waals surface area contributed by atoms with Crippen LogP contribution in [0.2, 0.25) is 0 Å². The van der Waals surface area contributed by atoms with Gasteiger partial charge in [0.1, 0.15) is 15.4 Å². The molecule has 2 aromatic rings. The monoisotopic (exact) mass is 490 g/mol. The summed E-state index contributed by atoms with van der Waals surface area (Å²) in [6.45, 7) is 5.10. The Bertz CT molecular complexity index is 1160. The van der Waals surface area contributed by atoms with Crippen LogP contribution in [0.1, 0.15) is 55.9 Å². The summed E-state index contributed by atoms with van der Waals surface area (Å²) in [5.41, 5.74) is 0.833. The van der Waals surface area contributed by atoms with Crippen molar-refractivity contribution in [1.29, 1.82) is 5.41 Å². The van der Waals surface area contributed by atoms with Crippen molar-refractivity contribution < 1.29 is 22.0 Å². The van der Waals surface area contributed by atoms with E-state index in [9.17, 15) is 22.0 Å². The highest BCUT2D eigenvalue weighted by molar-refractivity contribution is 7.90. The molecule has 2 aromatic carbocycles. The highest BCUT2D eigenvalue weighted by Crippen LogP contribution is 2.36. The number of anilines is 1. The lowest BCUT2D eigenvalue weighted by molar-refractivity contribution is -0.123. The van der Waals surface area contributed by atoms with E-state index < -0.39 is 21.3 Å². The van der Waals surface area contributed by atoms with Gasteiger partial charge in [-0.2, -0.15) is 8.78 Å². The smallest absolute Gasteiger partial charge is 0.291 e. The molecule has 0 spiro atoms. The van der Waals surface area contributed by atoms with Crippen molar-refractivity contribution in [3.63, 3.8) is 0 Å². The molecule has 8 heteroatoms. The number of carbonyl (C=O) groups excluding carboxylic acids is 1. The summed E-state index contributed by atoms with van der Waals surface area (Å²) in [6, 6.07) is 10.9. The molecule has 0 radical (unpaired) electrons. The van der Waals surface area contributed by atoms with Gasteiger partial charge in [0.15, 0.2) is 5.78 Å². The number of allylic oxidation sites excluding steroid dienone is 2. The third kappa shape index (κ3) is 6.17. The fourth-order valence-corrected chi connectivity index (χ4v) is 4.60. The van der Waals surface area contributed by atoms with Gasteiger partial charge in [-0.3, -0.25) is 4.79 Å². The van der Waals surface area contributed by atoms with Crippen LogP contribution in [0.4, 0.5) is 14.5 Å². The minimum atomic E-state index is -3.20. The third-order valence-corrected chi connectivity index (χ3v) is 6.84. The Morgan fingerprint density at radius 3 is 2.21 bits per heavy atom. The number of ketones is 1. The average Bonchev–Trinajstić information content (AvgIpc) is 2.80. The normalized spacial score (nSPS) is 14.1. The second-order valence-electron chi connectivity index (χ2n) is 8.26. The zero-order valence-electron chi connectivity index (χ0n) is 20.0. The summed E-state index contributed by atoms with van der Waals surface area (Å²) in [5, 5.41) is 11.2. The summed E-state index contributed by atoms with van der Waals surface area (Å²) < 4.78 is 51.9. The Morgan fingerprint density at radius 2 is 1.71 bits per heavy atom. The highest BCUT2D eigenvalue weighted by atomic mass is 32.2. The molecule has 0 fully saturated rings. The van der Waals surface area contributed by atoms with Crippen molar-refractivity contribution in [2.45, 2.75) is 51.5 Å². The van der Waals surface area contributed by atoms with Crippen LogP contribution in [0.25, 0.3) is 0 Å². The molecule has 0 amide bonds. The predicted molar refractivity (Wildman–Crippen MR) is 134 cm³/mol. The lowest BCUT2D eigenvalue weighted by atomic mass is 9.80. The second kappa shape index (κ2) is 11.0. The van der Waals surface area contributed by atoms with Crippen molar-refractivity contribution in [2.24, 2.45) is 0 Å². The van der Waals surface area contributed by atoms with Gasteiger partial charge in [0.05, 0.1) is 5.75 Å². The molecule has 1 atom stereocenters. The highest BCUT2D eigenvalue weighted by Gasteiger charge is 2.38. The first-order valence-corrected chi connectivity index (χ1v) is 13.2. The topological polar surface area (TPSA) is 87.1 Å². The zero-order chi connectivity index (χ0) is 25.6. The first-order valence-electron chi connectivity index (χ1n) is 11.2. The van der Waals surface area contributed by atoms with Crippen LogP contribution in [0, 0.1) is 5.41 Å². The van der Waals surface area contributed by atoms with Crippen LogP contribution >= 0.6 is 0 Å². The Balaban J connectivity index is 2.57. The summed E-state index contributed by atoms with van der Waals surface area (Å²) in [7, 11) is -3.20. The maximum absolute atomic E-state index is 14.3. The third-order valence-electron chi connectivity index (χ3n) is 5.90. The molecule has 1 unspecified atom stereocenters. The van der Waals surface area contributed by atoms with Gasteiger partial charge < -0.3 is 10.7 Å². The Labute approximate surface area is 200 Å². The molecular weight excluding hydrogens is 458 g/mol. The van der Waals surface area contributed by atoms with E-state index in [0.717, 1.165) is 18.5 Å². The van der Waals surface area contributed by atoms with E-state index in [1.54, 1.807) is 25.1 Å². The number of benzene rings is 2. The molecule has 34 heavy (non-hydrogen) atoms. The molecule has 0 heterocycles. The van der Waals surface area contributed by atoms with E-state index in [1.165, 1.54) is 37.3 Å². The Kier molecular flexibility index (Phi) is 8.89. The van der Waals surface area contributed by atoms with E-state index in [4.69, 9.17) is 5.41 Å². The molecule has 2 rings (SSSR count). The van der Waals surface area contributed by atoms with Crippen molar-refractivity contribution in [1.82, 2.24) is 0 Å². The molecule has 0 aliphatic heterocycles. The van der Waals surface area contributed by atoms with Crippen LogP contribution in [0.5, 0.6) is 0 Å². The summed E-state index contributed by atoms with van der Waals surface area (Å²) in [5.74, 6) is -3.31. The lowest BCUT2D eigenvalue weighted by Crippen LogP contribution is -2.43. The molecule has 0 bridgehead atoms. The number of carbonyl (C=O) groups is 1. The zero-order valence-corrected chi connectivity index (χ0v) is 20.8. The van der Waals surface area contributed by atoms with Gasteiger partial charge in [0, 0.05) is 35.7 Å². The van der Waals surface area contributed by atoms with Gasteiger partial charge in [-0.1, -0.05) is 56.3 Å². The number of halogens is 2. The molecule has 184 valence electrons. The minimum Gasteiger partial charge on any atom is -0.369 e. The van der Waals surface area contributed by atoms with Gasteiger partial charge in [-0.05, 0) is 43.0 Å². The quantitative estimate of drug-likeness (QED) is 0.298. The molecule has 2 N–H and O–H groups in total. The van der Waals surface area contributed by atoms with Crippen LogP contribution in [0.15, 0.2) is 54.6 Å². The van der Waals surface area contributed by atoms with Crippen molar-refractivity contribution >= 4 is 27.5 Å². The summed E-state index contributed by atoms with van der Waals surface area (Å²) >= 11 is 0. The Hall–Kier alpha value is -2.87. The molecule has 0 aliphatic carbocycles. The number of Topliss-reactive ketones (excluding diaryl/α,β-unsaturated/α-hetero) is 1. The molecule has 0 aromatic heterocycles. The molecular formula is C26H32F2N2O3S. The van der Waals surface area contributed by atoms with Gasteiger partial charge in [-0.15, -0.1) is 0 Å². The van der Waals surface area contributed by atoms with Crippen molar-refractivity contribution in [3.05, 3.63) is 76.9 Å². The summed E-state index contributed by atoms with van der Waals surface area (Å²) in [6.07, 6.45) is 5.20. The van der Waals surface area contributed by atoms with Crippen LogP contribution < -0.4 is 5.32 Å². The van der Waals surface area contributed by atoms with Crippen LogP contribution in [-0.2, 0) is 32.5 Å². The van der Waals surface area contributed by atoms with Gasteiger partial charge >= 0.3 is 0 Å². The number of nitrogens with one attached hydrogen (secondary N) is 2. The number of sulfone groups is 1. The van der Waals surface area contributed by atoms with Gasteiger partial charge in [-0.25, -0.2) is 8.42 Å².